The molecule has 6 nitrogen and oxygen atoms in total. The molecule has 0 radical (unpaired) electrons. The van der Waals surface area contributed by atoms with E-state index in [1.165, 1.54) is 25.5 Å². The number of unbranched alkanes of at least 4 members (excludes halogenated alkanes) is 1. The highest BCUT2D eigenvalue weighted by Crippen LogP contribution is 2.42. The first-order chi connectivity index (χ1) is 19.1. The Morgan fingerprint density at radius 3 is 2.58 bits per heavy atom. The number of carbonyl (C=O) groups excluding carboxylic acids is 1. The Hall–Kier alpha value is -3.52. The van der Waals surface area contributed by atoms with Crippen LogP contribution in [0.5, 0.6) is 0 Å². The van der Waals surface area contributed by atoms with Gasteiger partial charge < -0.3 is 19.0 Å². The van der Waals surface area contributed by atoms with Crippen LogP contribution in [0.25, 0.3) is 22.7 Å². The van der Waals surface area contributed by atoms with Gasteiger partial charge in [-0.25, -0.2) is 13.8 Å². The molecule has 1 unspecified atom stereocenters. The third-order valence-corrected chi connectivity index (χ3v) is 7.75. The standard InChI is InChI=1S/C32H38F2N2O4/c1-6-7-8-23(9-10-29(37)39-5)16-27-31(35-28-15-20(2)11-14-36(27)28)30-25(33)17-24(18-26(30)34)22(4)40-19-21(3)32(38)12-13-32/h11,14-15,17-19,23,38H,4,6-10,12-13,16H2,1-3,5H3/b21-19+. The number of carbonyl (C=O) groups is 1. The van der Waals surface area contributed by atoms with Crippen LogP contribution in [0, 0.1) is 24.5 Å². The fraction of sp³-hybridized carbons (Fsp3) is 0.438. The molecular weight excluding hydrogens is 514 g/mol. The van der Waals surface area contributed by atoms with Crippen molar-refractivity contribution in [3.8, 4) is 11.3 Å². The van der Waals surface area contributed by atoms with Crippen molar-refractivity contribution in [2.45, 2.75) is 77.7 Å². The molecule has 8 heteroatoms. The number of imidazole rings is 1. The highest BCUT2D eigenvalue weighted by atomic mass is 19.1. The fourth-order valence-corrected chi connectivity index (χ4v) is 4.94. The molecule has 40 heavy (non-hydrogen) atoms. The Balaban J connectivity index is 1.70. The van der Waals surface area contributed by atoms with Crippen LogP contribution in [0.1, 0.15) is 75.6 Å². The third kappa shape index (κ3) is 6.61. The van der Waals surface area contributed by atoms with Crippen LogP contribution in [-0.4, -0.2) is 33.2 Å². The number of nitrogens with zero attached hydrogens (tertiary/aromatic N) is 2. The lowest BCUT2D eigenvalue weighted by Gasteiger charge is -2.18. The molecule has 214 valence electrons. The molecule has 4 rings (SSSR count). The zero-order valence-electron chi connectivity index (χ0n) is 23.7. The average Bonchev–Trinajstić information content (AvgIpc) is 3.59. The van der Waals surface area contributed by atoms with E-state index in [4.69, 9.17) is 9.47 Å². The maximum atomic E-state index is 15.7. The summed E-state index contributed by atoms with van der Waals surface area (Å²) in [5.41, 5.74) is 2.24. The van der Waals surface area contributed by atoms with Crippen LogP contribution in [0.15, 0.2) is 48.9 Å². The van der Waals surface area contributed by atoms with Gasteiger partial charge in [-0.15, -0.1) is 0 Å². The molecule has 2 heterocycles. The van der Waals surface area contributed by atoms with Crippen LogP contribution in [0.2, 0.25) is 0 Å². The van der Waals surface area contributed by atoms with Gasteiger partial charge in [0.25, 0.3) is 0 Å². The van der Waals surface area contributed by atoms with E-state index in [0.717, 1.165) is 24.8 Å². The summed E-state index contributed by atoms with van der Waals surface area (Å²) in [5.74, 6) is -1.65. The number of esters is 1. The van der Waals surface area contributed by atoms with Gasteiger partial charge >= 0.3 is 5.97 Å². The van der Waals surface area contributed by atoms with Crippen LogP contribution >= 0.6 is 0 Å². The molecule has 1 aliphatic carbocycles. The largest absolute Gasteiger partial charge is 0.469 e. The van der Waals surface area contributed by atoms with Crippen molar-refractivity contribution in [3.05, 3.63) is 77.3 Å². The van der Waals surface area contributed by atoms with Crippen molar-refractivity contribution >= 4 is 17.4 Å². The van der Waals surface area contributed by atoms with E-state index >= 15 is 8.78 Å². The van der Waals surface area contributed by atoms with Crippen molar-refractivity contribution in [2.75, 3.05) is 7.11 Å². The van der Waals surface area contributed by atoms with E-state index in [2.05, 4.69) is 18.5 Å². The highest BCUT2D eigenvalue weighted by molar-refractivity contribution is 5.71. The Kier molecular flexibility index (Phi) is 9.08. The number of benzene rings is 1. The van der Waals surface area contributed by atoms with Gasteiger partial charge in [0.2, 0.25) is 0 Å². The number of fused-ring (bicyclic) bond motifs is 1. The molecular formula is C32H38F2N2O4. The first kappa shape index (κ1) is 29.5. The summed E-state index contributed by atoms with van der Waals surface area (Å²) in [6.07, 6.45) is 8.80. The van der Waals surface area contributed by atoms with Crippen LogP contribution in [0.4, 0.5) is 8.78 Å². The molecule has 1 N–H and O–H groups in total. The van der Waals surface area contributed by atoms with Crippen molar-refractivity contribution < 1.29 is 28.2 Å². The molecule has 1 fully saturated rings. The zero-order valence-corrected chi connectivity index (χ0v) is 23.7. The minimum absolute atomic E-state index is 0.0706. The quantitative estimate of drug-likeness (QED) is 0.178. The number of ether oxygens (including phenoxy) is 2. The van der Waals surface area contributed by atoms with Gasteiger partial charge in [0.15, 0.2) is 0 Å². The second-order valence-corrected chi connectivity index (χ2v) is 10.9. The molecule has 0 spiro atoms. The number of rotatable bonds is 13. The molecule has 1 aromatic carbocycles. The zero-order chi connectivity index (χ0) is 29.0. The second-order valence-electron chi connectivity index (χ2n) is 10.9. The predicted octanol–water partition coefficient (Wildman–Crippen LogP) is 7.31. The number of aromatic nitrogens is 2. The molecule has 0 bridgehead atoms. The summed E-state index contributed by atoms with van der Waals surface area (Å²) < 4.78 is 43.6. The van der Waals surface area contributed by atoms with Gasteiger partial charge in [0.05, 0.1) is 35.9 Å². The van der Waals surface area contributed by atoms with Crippen LogP contribution in [0.3, 0.4) is 0 Å². The normalized spacial score (nSPS) is 15.2. The molecule has 1 aliphatic rings. The van der Waals surface area contributed by atoms with E-state index in [0.29, 0.717) is 42.6 Å². The Morgan fingerprint density at radius 1 is 1.25 bits per heavy atom. The Morgan fingerprint density at radius 2 is 1.95 bits per heavy atom. The summed E-state index contributed by atoms with van der Waals surface area (Å²) in [6, 6.07) is 6.20. The van der Waals surface area contributed by atoms with Gasteiger partial charge in [0.1, 0.15) is 23.0 Å². The summed E-state index contributed by atoms with van der Waals surface area (Å²) >= 11 is 0. The van der Waals surface area contributed by atoms with E-state index in [1.807, 2.05) is 29.7 Å². The summed E-state index contributed by atoms with van der Waals surface area (Å²) in [5, 5.41) is 10.2. The molecule has 2 aromatic heterocycles. The van der Waals surface area contributed by atoms with Crippen molar-refractivity contribution in [1.29, 1.82) is 0 Å². The minimum Gasteiger partial charge on any atom is -0.469 e. The summed E-state index contributed by atoms with van der Waals surface area (Å²) in [7, 11) is 1.37. The number of hydrogen-bond acceptors (Lipinski definition) is 5. The van der Waals surface area contributed by atoms with Gasteiger partial charge in [0, 0.05) is 18.2 Å². The SMILES string of the molecule is C=C(O/C=C(\C)C1(O)CC1)c1cc(F)c(-c2nc3cc(C)ccn3c2CC(CCCC)CCC(=O)OC)c(F)c1. The third-order valence-electron chi connectivity index (χ3n) is 7.75. The van der Waals surface area contributed by atoms with E-state index in [1.54, 1.807) is 6.92 Å². The first-order valence-corrected chi connectivity index (χ1v) is 13.9. The molecule has 0 amide bonds. The second kappa shape index (κ2) is 12.3. The van der Waals surface area contributed by atoms with Gasteiger partial charge in [-0.1, -0.05) is 32.8 Å². The van der Waals surface area contributed by atoms with Crippen molar-refractivity contribution in [3.63, 3.8) is 0 Å². The van der Waals surface area contributed by atoms with Crippen molar-refractivity contribution in [1.82, 2.24) is 9.38 Å². The number of methoxy groups -OCH3 is 1. The van der Waals surface area contributed by atoms with Crippen LogP contribution in [-0.2, 0) is 20.7 Å². The van der Waals surface area contributed by atoms with Gasteiger partial charge in [-0.05, 0) is 80.9 Å². The number of pyridine rings is 1. The number of aliphatic hydroxyl groups is 1. The lowest BCUT2D eigenvalue weighted by molar-refractivity contribution is -0.140. The summed E-state index contributed by atoms with van der Waals surface area (Å²) in [4.78, 5) is 16.5. The van der Waals surface area contributed by atoms with E-state index in [-0.39, 0.29) is 40.9 Å². The Bertz CT molecular complexity index is 1420. The van der Waals surface area contributed by atoms with Crippen molar-refractivity contribution in [2.24, 2.45) is 5.92 Å². The predicted molar refractivity (Wildman–Crippen MR) is 151 cm³/mol. The van der Waals surface area contributed by atoms with E-state index < -0.39 is 17.2 Å². The van der Waals surface area contributed by atoms with Crippen LogP contribution < -0.4 is 0 Å². The molecule has 0 aliphatic heterocycles. The maximum absolute atomic E-state index is 15.7. The lowest BCUT2D eigenvalue weighted by Crippen LogP contribution is -2.11. The topological polar surface area (TPSA) is 73.1 Å². The minimum atomic E-state index is -0.857. The Labute approximate surface area is 234 Å². The molecule has 1 saturated carbocycles. The number of hydrogen-bond donors (Lipinski definition) is 1. The maximum Gasteiger partial charge on any atom is 0.305 e. The van der Waals surface area contributed by atoms with Gasteiger partial charge in [-0.3, -0.25) is 4.79 Å². The molecule has 3 aromatic rings. The average molecular weight is 553 g/mol. The summed E-state index contributed by atoms with van der Waals surface area (Å²) in [6.45, 7) is 9.61. The fourth-order valence-electron chi connectivity index (χ4n) is 4.94. The first-order valence-electron chi connectivity index (χ1n) is 13.9. The lowest BCUT2D eigenvalue weighted by atomic mass is 9.90. The van der Waals surface area contributed by atoms with E-state index in [9.17, 15) is 9.90 Å². The smallest absolute Gasteiger partial charge is 0.305 e. The monoisotopic (exact) mass is 552 g/mol. The van der Waals surface area contributed by atoms with Gasteiger partial charge in [-0.2, -0.15) is 0 Å². The number of aryl methyl sites for hydroxylation is 1. The molecule has 1 atom stereocenters. The molecule has 0 saturated heterocycles. The number of halogens is 2. The highest BCUT2D eigenvalue weighted by Gasteiger charge is 2.42.